The van der Waals surface area contributed by atoms with E-state index >= 15 is 0 Å². The molecule has 12 heteroatoms. The summed E-state index contributed by atoms with van der Waals surface area (Å²) in [6, 6.07) is 13.6. The van der Waals surface area contributed by atoms with Crippen molar-refractivity contribution in [1.29, 1.82) is 0 Å². The number of rotatable bonds is 4. The van der Waals surface area contributed by atoms with Crippen molar-refractivity contribution in [3.63, 3.8) is 0 Å². The highest BCUT2D eigenvalue weighted by Crippen LogP contribution is 2.45. The first-order valence-corrected chi connectivity index (χ1v) is 18.6. The molecule has 0 bridgehead atoms. The lowest BCUT2D eigenvalue weighted by atomic mass is 9.96. The van der Waals surface area contributed by atoms with Gasteiger partial charge in [-0.2, -0.15) is 0 Å². The van der Waals surface area contributed by atoms with Crippen molar-refractivity contribution in [3.8, 4) is 23.1 Å². The predicted molar refractivity (Wildman–Crippen MR) is 201 cm³/mol. The highest BCUT2D eigenvalue weighted by atomic mass is 32.2. The lowest BCUT2D eigenvalue weighted by Gasteiger charge is -2.28. The van der Waals surface area contributed by atoms with Crippen LogP contribution in [0.15, 0.2) is 66.0 Å². The number of benzene rings is 2. The predicted octanol–water partition coefficient (Wildman–Crippen LogP) is 8.20. The standard InChI is InChI=1S/C40H46N6O5S/c1-25-19-33(45(23-25)36(47)50-38(2,3)4)52-35-41-22-31(44-35)28-14-11-26(12-15-28)9-10-27-13-16-29-30(20-27)43-34(42-29)32-21-40(17-8-18-49-40)24-46(32)37(48)51-39(5,6)7/h11-16,20,22,32-33H,1,8,17-19,21,23-24H2,2-7H3,(H,41,44)(H,42,43)/t32-,33+,40-/m0/s1. The monoisotopic (exact) mass is 722 g/mol. The number of H-pyrrole nitrogens is 2. The molecule has 52 heavy (non-hydrogen) atoms. The minimum absolute atomic E-state index is 0.139. The van der Waals surface area contributed by atoms with Crippen molar-refractivity contribution < 1.29 is 23.8 Å². The van der Waals surface area contributed by atoms with Crippen LogP contribution in [-0.4, -0.2) is 83.8 Å². The van der Waals surface area contributed by atoms with Crippen LogP contribution in [0.3, 0.4) is 0 Å². The molecule has 0 unspecified atom stereocenters. The van der Waals surface area contributed by atoms with Crippen LogP contribution in [0, 0.1) is 11.8 Å². The second-order valence-electron chi connectivity index (χ2n) is 15.9. The van der Waals surface area contributed by atoms with E-state index in [1.165, 1.54) is 11.8 Å². The molecule has 1 spiro atoms. The van der Waals surface area contributed by atoms with Crippen molar-refractivity contribution in [1.82, 2.24) is 29.7 Å². The Hall–Kier alpha value is -4.73. The van der Waals surface area contributed by atoms with Crippen molar-refractivity contribution in [2.45, 2.75) is 101 Å². The molecule has 3 fully saturated rings. The smallest absolute Gasteiger partial charge is 0.411 e. The maximum Gasteiger partial charge on any atom is 0.411 e. The van der Waals surface area contributed by atoms with Crippen molar-refractivity contribution in [2.24, 2.45) is 0 Å². The van der Waals surface area contributed by atoms with Gasteiger partial charge in [-0.25, -0.2) is 19.6 Å². The SMILES string of the molecule is C=C1C[C@@H](Sc2ncc(-c3ccc(C#Cc4ccc5nc([C@@H]6C[C@@]7(CCCO7)CN6C(=O)OC(C)(C)C)[nH]c5c4)cc3)[nH]2)N(C(=O)OC(C)(C)C)C1. The topological polar surface area (TPSA) is 126 Å². The van der Waals surface area contributed by atoms with E-state index in [4.69, 9.17) is 19.2 Å². The summed E-state index contributed by atoms with van der Waals surface area (Å²) < 4.78 is 17.6. The second kappa shape index (κ2) is 13.7. The molecule has 0 saturated carbocycles. The van der Waals surface area contributed by atoms with Crippen LogP contribution >= 0.6 is 11.8 Å². The average Bonchev–Trinajstić information content (AvgIpc) is 3.90. The van der Waals surface area contributed by atoms with E-state index in [9.17, 15) is 9.59 Å². The number of hydrogen-bond acceptors (Lipinski definition) is 8. The maximum absolute atomic E-state index is 13.3. The fraction of sp³-hybridized carbons (Fsp3) is 0.450. The first-order chi connectivity index (χ1) is 24.6. The summed E-state index contributed by atoms with van der Waals surface area (Å²) in [6.07, 6.45) is 4.37. The molecule has 4 aromatic rings. The van der Waals surface area contributed by atoms with Crippen LogP contribution in [0.25, 0.3) is 22.3 Å². The Bertz CT molecular complexity index is 2060. The maximum atomic E-state index is 13.3. The highest BCUT2D eigenvalue weighted by molar-refractivity contribution is 7.99. The molecule has 2 N–H and O–H groups in total. The van der Waals surface area contributed by atoms with Crippen molar-refractivity contribution in [2.75, 3.05) is 19.7 Å². The van der Waals surface area contributed by atoms with Gasteiger partial charge in [0.25, 0.3) is 0 Å². The lowest BCUT2D eigenvalue weighted by molar-refractivity contribution is -0.0000151. The van der Waals surface area contributed by atoms with Crippen LogP contribution in [0.1, 0.15) is 90.2 Å². The molecule has 3 atom stereocenters. The number of nitrogens with one attached hydrogen (secondary N) is 2. The first-order valence-electron chi connectivity index (χ1n) is 17.8. The fourth-order valence-electron chi connectivity index (χ4n) is 6.90. The average molecular weight is 723 g/mol. The van der Waals surface area contributed by atoms with Gasteiger partial charge in [0.15, 0.2) is 5.16 Å². The van der Waals surface area contributed by atoms with Crippen LogP contribution in [0.5, 0.6) is 0 Å². The molecule has 7 rings (SSSR count). The Morgan fingerprint density at radius 1 is 0.981 bits per heavy atom. The minimum atomic E-state index is -0.600. The molecular formula is C40H46N6O5S. The number of imidazole rings is 2. The van der Waals surface area contributed by atoms with Crippen molar-refractivity contribution >= 4 is 35.0 Å². The largest absolute Gasteiger partial charge is 0.444 e. The first kappa shape index (κ1) is 35.7. The summed E-state index contributed by atoms with van der Waals surface area (Å²) in [4.78, 5) is 45.9. The molecule has 5 heterocycles. The van der Waals surface area contributed by atoms with E-state index in [1.807, 2.05) is 84.0 Å². The summed E-state index contributed by atoms with van der Waals surface area (Å²) in [7, 11) is 0. The number of likely N-dealkylation sites (tertiary alicyclic amines) is 2. The quantitative estimate of drug-likeness (QED) is 0.160. The summed E-state index contributed by atoms with van der Waals surface area (Å²) in [6.45, 7) is 17.0. The van der Waals surface area contributed by atoms with Crippen LogP contribution < -0.4 is 0 Å². The molecular weight excluding hydrogens is 677 g/mol. The third-order valence-corrected chi connectivity index (χ3v) is 10.3. The number of carbonyl (C=O) groups is 2. The minimum Gasteiger partial charge on any atom is -0.444 e. The molecule has 0 aliphatic carbocycles. The number of fused-ring (bicyclic) bond motifs is 1. The number of hydrogen-bond donors (Lipinski definition) is 2. The summed E-state index contributed by atoms with van der Waals surface area (Å²) in [5, 5.41) is 0.584. The van der Waals surface area contributed by atoms with E-state index < -0.39 is 11.2 Å². The zero-order valence-electron chi connectivity index (χ0n) is 30.7. The number of nitrogens with zero attached hydrogens (tertiary/aromatic N) is 4. The molecule has 272 valence electrons. The molecule has 3 aliphatic heterocycles. The van der Waals surface area contributed by atoms with Crippen molar-refractivity contribution in [3.05, 3.63) is 77.8 Å². The molecule has 2 aromatic carbocycles. The van der Waals surface area contributed by atoms with Gasteiger partial charge in [-0.05, 0) is 90.3 Å². The summed E-state index contributed by atoms with van der Waals surface area (Å²) in [5.74, 6) is 7.28. The molecule has 11 nitrogen and oxygen atoms in total. The Labute approximate surface area is 308 Å². The third-order valence-electron chi connectivity index (χ3n) is 9.21. The number of aromatic nitrogens is 4. The van der Waals surface area contributed by atoms with Gasteiger partial charge in [-0.3, -0.25) is 9.80 Å². The Balaban J connectivity index is 1.02. The Morgan fingerprint density at radius 2 is 1.67 bits per heavy atom. The van der Waals surface area contributed by atoms with Gasteiger partial charge in [0.05, 0.1) is 46.5 Å². The van der Waals surface area contributed by atoms with Crippen LogP contribution in [-0.2, 0) is 14.2 Å². The van der Waals surface area contributed by atoms with Gasteiger partial charge in [-0.1, -0.05) is 47.9 Å². The zero-order valence-corrected chi connectivity index (χ0v) is 31.5. The number of aromatic amines is 2. The second-order valence-corrected chi connectivity index (χ2v) is 17.0. The normalized spacial score (nSPS) is 21.9. The lowest BCUT2D eigenvalue weighted by Crippen LogP contribution is -2.39. The molecule has 3 saturated heterocycles. The van der Waals surface area contributed by atoms with Crippen LogP contribution in [0.2, 0.25) is 0 Å². The zero-order chi connectivity index (χ0) is 36.8. The van der Waals surface area contributed by atoms with E-state index in [0.29, 0.717) is 32.5 Å². The number of ether oxygens (including phenoxy) is 3. The number of thioether (sulfide) groups is 1. The van der Waals surface area contributed by atoms with Gasteiger partial charge in [0, 0.05) is 37.1 Å². The van der Waals surface area contributed by atoms with E-state index in [0.717, 1.165) is 62.8 Å². The van der Waals surface area contributed by atoms with Gasteiger partial charge < -0.3 is 24.2 Å². The van der Waals surface area contributed by atoms with Gasteiger partial charge >= 0.3 is 12.2 Å². The fourth-order valence-corrected chi connectivity index (χ4v) is 8.05. The summed E-state index contributed by atoms with van der Waals surface area (Å²) >= 11 is 1.50. The van der Waals surface area contributed by atoms with Gasteiger partial charge in [-0.15, -0.1) is 0 Å². The highest BCUT2D eigenvalue weighted by Gasteiger charge is 2.51. The summed E-state index contributed by atoms with van der Waals surface area (Å²) in [5.41, 5.74) is 4.72. The number of carbonyl (C=O) groups excluding carboxylic acids is 2. The third kappa shape index (κ3) is 8.01. The van der Waals surface area contributed by atoms with Crippen LogP contribution in [0.4, 0.5) is 9.59 Å². The van der Waals surface area contributed by atoms with Gasteiger partial charge in [0.2, 0.25) is 0 Å². The molecule has 2 aromatic heterocycles. The van der Waals surface area contributed by atoms with E-state index in [1.54, 1.807) is 16.0 Å². The molecule has 2 amide bonds. The van der Waals surface area contributed by atoms with Gasteiger partial charge in [0.1, 0.15) is 17.0 Å². The number of amides is 2. The molecule has 3 aliphatic rings. The molecule has 0 radical (unpaired) electrons. The van der Waals surface area contributed by atoms with E-state index in [2.05, 4.69) is 33.4 Å². The van der Waals surface area contributed by atoms with E-state index in [-0.39, 0.29) is 29.2 Å². The Kier molecular flexibility index (Phi) is 9.38. The Morgan fingerprint density at radius 3 is 2.37 bits per heavy atom.